The zero-order valence-corrected chi connectivity index (χ0v) is 11.6. The largest absolute Gasteiger partial charge is 0.396 e. The number of aromatic amines is 2. The molecule has 1 aromatic heterocycles. The number of aliphatic hydroxyl groups is 1. The Balaban J connectivity index is 1.77. The molecule has 0 saturated heterocycles. The van der Waals surface area contributed by atoms with Crippen molar-refractivity contribution in [1.29, 1.82) is 0 Å². The van der Waals surface area contributed by atoms with Crippen LogP contribution in [0.15, 0.2) is 23.0 Å². The van der Waals surface area contributed by atoms with Crippen molar-refractivity contribution in [2.45, 2.75) is 38.3 Å². The molecule has 3 rings (SSSR count). The quantitative estimate of drug-likeness (QED) is 0.685. The van der Waals surface area contributed by atoms with E-state index in [1.165, 1.54) is 6.42 Å². The molecule has 3 atom stereocenters. The van der Waals surface area contributed by atoms with E-state index in [1.54, 1.807) is 0 Å². The number of nitrogens with one attached hydrogen (secondary N) is 3. The molecule has 0 radical (unpaired) electrons. The Kier molecular flexibility index (Phi) is 3.63. The number of H-pyrrole nitrogens is 2. The molecule has 1 heterocycles. The number of fused-ring (bicyclic) bond motifs is 1. The van der Waals surface area contributed by atoms with Crippen LogP contribution in [0, 0.1) is 5.92 Å². The van der Waals surface area contributed by atoms with Crippen molar-refractivity contribution in [1.82, 2.24) is 15.3 Å². The van der Waals surface area contributed by atoms with E-state index < -0.39 is 0 Å². The van der Waals surface area contributed by atoms with Crippen LogP contribution in [0.2, 0.25) is 0 Å². The number of imidazole rings is 1. The van der Waals surface area contributed by atoms with Crippen LogP contribution >= 0.6 is 0 Å². The van der Waals surface area contributed by atoms with Crippen molar-refractivity contribution in [3.63, 3.8) is 0 Å². The second-order valence-electron chi connectivity index (χ2n) is 5.75. The molecule has 1 aliphatic carbocycles. The van der Waals surface area contributed by atoms with Gasteiger partial charge in [-0.2, -0.15) is 0 Å². The number of benzene rings is 1. The normalized spacial score (nSPS) is 24.3. The van der Waals surface area contributed by atoms with Gasteiger partial charge in [0.1, 0.15) is 0 Å². The Hall–Kier alpha value is -1.59. The van der Waals surface area contributed by atoms with Gasteiger partial charge in [0.2, 0.25) is 0 Å². The van der Waals surface area contributed by atoms with Crippen molar-refractivity contribution in [2.24, 2.45) is 5.92 Å². The molecule has 1 saturated carbocycles. The first-order chi connectivity index (χ1) is 9.67. The molecular formula is C15H21N3O2. The fraction of sp³-hybridized carbons (Fsp3) is 0.533. The van der Waals surface area contributed by atoms with Crippen LogP contribution in [-0.4, -0.2) is 27.7 Å². The summed E-state index contributed by atoms with van der Waals surface area (Å²) in [6, 6.07) is 6.56. The Bertz CT molecular complexity index is 646. The Morgan fingerprint density at radius 1 is 1.35 bits per heavy atom. The first kappa shape index (κ1) is 13.4. The predicted octanol–water partition coefficient (Wildman–Crippen LogP) is 1.67. The van der Waals surface area contributed by atoms with Crippen molar-refractivity contribution < 1.29 is 5.11 Å². The van der Waals surface area contributed by atoms with Crippen LogP contribution in [0.4, 0.5) is 0 Å². The molecule has 1 fully saturated rings. The van der Waals surface area contributed by atoms with Gasteiger partial charge in [-0.25, -0.2) is 4.79 Å². The van der Waals surface area contributed by atoms with E-state index in [9.17, 15) is 9.90 Å². The first-order valence-electron chi connectivity index (χ1n) is 7.26. The minimum atomic E-state index is -0.172. The van der Waals surface area contributed by atoms with Crippen molar-refractivity contribution in [2.75, 3.05) is 6.61 Å². The molecule has 1 aromatic carbocycles. The molecule has 5 heteroatoms. The fourth-order valence-electron chi connectivity index (χ4n) is 3.21. The Labute approximate surface area is 117 Å². The van der Waals surface area contributed by atoms with Gasteiger partial charge in [-0.3, -0.25) is 0 Å². The third kappa shape index (κ3) is 2.51. The number of aliphatic hydroxyl groups excluding tert-OH is 1. The van der Waals surface area contributed by atoms with Gasteiger partial charge < -0.3 is 20.4 Å². The summed E-state index contributed by atoms with van der Waals surface area (Å²) in [5, 5.41) is 13.0. The van der Waals surface area contributed by atoms with Crippen LogP contribution in [-0.2, 0) is 0 Å². The highest BCUT2D eigenvalue weighted by Crippen LogP contribution is 2.28. The van der Waals surface area contributed by atoms with Crippen LogP contribution in [0.25, 0.3) is 11.0 Å². The molecule has 0 amide bonds. The minimum absolute atomic E-state index is 0.172. The lowest BCUT2D eigenvalue weighted by atomic mass is 10.0. The standard InChI is InChI=1S/C15H21N3O2/c1-9(16-12-4-2-3-11(12)8-19)10-5-6-13-14(7-10)18-15(20)17-13/h5-7,9,11-12,16,19H,2-4,8H2,1H3,(H2,17,18,20). The number of hydrogen-bond donors (Lipinski definition) is 4. The smallest absolute Gasteiger partial charge is 0.323 e. The summed E-state index contributed by atoms with van der Waals surface area (Å²) in [4.78, 5) is 16.8. The summed E-state index contributed by atoms with van der Waals surface area (Å²) in [7, 11) is 0. The van der Waals surface area contributed by atoms with Crippen LogP contribution in [0.5, 0.6) is 0 Å². The highest BCUT2D eigenvalue weighted by Gasteiger charge is 2.27. The molecule has 0 bridgehead atoms. The van der Waals surface area contributed by atoms with Crippen molar-refractivity contribution in [3.8, 4) is 0 Å². The van der Waals surface area contributed by atoms with Crippen LogP contribution < -0.4 is 11.0 Å². The van der Waals surface area contributed by atoms with Gasteiger partial charge in [0.05, 0.1) is 11.0 Å². The summed E-state index contributed by atoms with van der Waals surface area (Å²) in [5.41, 5.74) is 2.65. The predicted molar refractivity (Wildman–Crippen MR) is 78.7 cm³/mol. The van der Waals surface area contributed by atoms with E-state index in [-0.39, 0.29) is 18.3 Å². The molecule has 2 aromatic rings. The van der Waals surface area contributed by atoms with E-state index in [0.717, 1.165) is 29.4 Å². The number of rotatable bonds is 4. The van der Waals surface area contributed by atoms with Crippen LogP contribution in [0.3, 0.4) is 0 Å². The summed E-state index contributed by atoms with van der Waals surface area (Å²) >= 11 is 0. The monoisotopic (exact) mass is 275 g/mol. The Morgan fingerprint density at radius 2 is 2.15 bits per heavy atom. The summed E-state index contributed by atoms with van der Waals surface area (Å²) in [5.74, 6) is 0.369. The molecule has 0 aliphatic heterocycles. The third-order valence-corrected chi connectivity index (χ3v) is 4.40. The van der Waals surface area contributed by atoms with Gasteiger partial charge in [-0.1, -0.05) is 12.5 Å². The van der Waals surface area contributed by atoms with Crippen molar-refractivity contribution >= 4 is 11.0 Å². The average molecular weight is 275 g/mol. The first-order valence-corrected chi connectivity index (χ1v) is 7.26. The van der Waals surface area contributed by atoms with Gasteiger partial charge in [0.15, 0.2) is 0 Å². The van der Waals surface area contributed by atoms with E-state index >= 15 is 0 Å². The minimum Gasteiger partial charge on any atom is -0.396 e. The second kappa shape index (κ2) is 5.42. The highest BCUT2D eigenvalue weighted by atomic mass is 16.3. The van der Waals surface area contributed by atoms with E-state index in [1.807, 2.05) is 18.2 Å². The molecule has 0 spiro atoms. The lowest BCUT2D eigenvalue weighted by Gasteiger charge is -2.24. The van der Waals surface area contributed by atoms with Gasteiger partial charge in [-0.05, 0) is 43.4 Å². The Morgan fingerprint density at radius 3 is 2.95 bits per heavy atom. The highest BCUT2D eigenvalue weighted by molar-refractivity contribution is 5.75. The fourth-order valence-corrected chi connectivity index (χ4v) is 3.21. The molecule has 5 nitrogen and oxygen atoms in total. The van der Waals surface area contributed by atoms with Gasteiger partial charge in [0.25, 0.3) is 0 Å². The lowest BCUT2D eigenvalue weighted by molar-refractivity contribution is 0.200. The van der Waals surface area contributed by atoms with Gasteiger partial charge in [-0.15, -0.1) is 0 Å². The maximum atomic E-state index is 11.3. The van der Waals surface area contributed by atoms with E-state index in [0.29, 0.717) is 12.0 Å². The van der Waals surface area contributed by atoms with Gasteiger partial charge >= 0.3 is 5.69 Å². The average Bonchev–Trinajstić information content (AvgIpc) is 3.02. The third-order valence-electron chi connectivity index (χ3n) is 4.40. The van der Waals surface area contributed by atoms with E-state index in [2.05, 4.69) is 22.2 Å². The number of hydrogen-bond acceptors (Lipinski definition) is 3. The molecule has 20 heavy (non-hydrogen) atoms. The van der Waals surface area contributed by atoms with Gasteiger partial charge in [0, 0.05) is 18.7 Å². The molecule has 108 valence electrons. The molecule has 4 N–H and O–H groups in total. The topological polar surface area (TPSA) is 80.9 Å². The summed E-state index contributed by atoms with van der Waals surface area (Å²) < 4.78 is 0. The maximum absolute atomic E-state index is 11.3. The number of aromatic nitrogens is 2. The SMILES string of the molecule is CC(NC1CCCC1CO)c1ccc2[nH]c(=O)[nH]c2c1. The van der Waals surface area contributed by atoms with Crippen LogP contribution in [0.1, 0.15) is 37.8 Å². The van der Waals surface area contributed by atoms with E-state index in [4.69, 9.17) is 0 Å². The zero-order valence-electron chi connectivity index (χ0n) is 11.6. The maximum Gasteiger partial charge on any atom is 0.323 e. The summed E-state index contributed by atoms with van der Waals surface area (Å²) in [6.45, 7) is 2.38. The second-order valence-corrected chi connectivity index (χ2v) is 5.75. The van der Waals surface area contributed by atoms with Crippen molar-refractivity contribution in [3.05, 3.63) is 34.2 Å². The molecule has 1 aliphatic rings. The molecular weight excluding hydrogens is 254 g/mol. The molecule has 3 unspecified atom stereocenters. The summed E-state index contributed by atoms with van der Waals surface area (Å²) in [6.07, 6.45) is 3.41. The lowest BCUT2D eigenvalue weighted by Crippen LogP contribution is -2.35. The zero-order chi connectivity index (χ0) is 14.1.